The molecule has 2 unspecified atom stereocenters. The number of benzene rings is 1. The molecule has 1 aliphatic rings. The van der Waals surface area contributed by atoms with E-state index in [1.807, 2.05) is 25.1 Å². The number of hydrogen-bond donors (Lipinski definition) is 2. The summed E-state index contributed by atoms with van der Waals surface area (Å²) in [5.74, 6) is 0. The van der Waals surface area contributed by atoms with Crippen molar-refractivity contribution in [2.75, 3.05) is 0 Å². The van der Waals surface area contributed by atoms with Crippen molar-refractivity contribution in [1.29, 1.82) is 0 Å². The van der Waals surface area contributed by atoms with Gasteiger partial charge in [0.05, 0.1) is 6.10 Å². The van der Waals surface area contributed by atoms with Gasteiger partial charge >= 0.3 is 0 Å². The van der Waals surface area contributed by atoms with Crippen molar-refractivity contribution < 1.29 is 5.11 Å². The van der Waals surface area contributed by atoms with Gasteiger partial charge in [-0.2, -0.15) is 0 Å². The van der Waals surface area contributed by atoms with Gasteiger partial charge in [0.25, 0.3) is 0 Å². The highest BCUT2D eigenvalue weighted by molar-refractivity contribution is 5.41. The zero-order chi connectivity index (χ0) is 8.72. The minimum Gasteiger partial charge on any atom is -0.388 e. The molecule has 0 spiro atoms. The first-order valence-corrected chi connectivity index (χ1v) is 4.23. The SMILES string of the molecule is Cc1cccc2c1C(N)CC2O. The molecule has 0 amide bonds. The molecular weight excluding hydrogens is 150 g/mol. The molecule has 2 heteroatoms. The molecule has 64 valence electrons. The zero-order valence-electron chi connectivity index (χ0n) is 7.12. The molecular formula is C10H13NO. The van der Waals surface area contributed by atoms with E-state index in [1.54, 1.807) is 0 Å². The molecule has 0 saturated heterocycles. The Balaban J connectivity index is 2.59. The van der Waals surface area contributed by atoms with Gasteiger partial charge in [0, 0.05) is 6.04 Å². The first kappa shape index (κ1) is 7.77. The highest BCUT2D eigenvalue weighted by atomic mass is 16.3. The zero-order valence-corrected chi connectivity index (χ0v) is 7.12. The maximum Gasteiger partial charge on any atom is 0.0811 e. The van der Waals surface area contributed by atoms with Crippen LogP contribution in [0.25, 0.3) is 0 Å². The van der Waals surface area contributed by atoms with Gasteiger partial charge in [0.15, 0.2) is 0 Å². The lowest BCUT2D eigenvalue weighted by molar-refractivity contribution is 0.173. The number of fused-ring (bicyclic) bond motifs is 1. The molecule has 3 N–H and O–H groups in total. The summed E-state index contributed by atoms with van der Waals surface area (Å²) in [6.07, 6.45) is 0.315. The van der Waals surface area contributed by atoms with Crippen LogP contribution in [0.2, 0.25) is 0 Å². The average Bonchev–Trinajstić information content (AvgIpc) is 2.29. The number of nitrogens with two attached hydrogens (primary N) is 1. The first-order chi connectivity index (χ1) is 5.70. The van der Waals surface area contributed by atoms with Gasteiger partial charge in [-0.05, 0) is 30.0 Å². The molecule has 0 saturated carbocycles. The summed E-state index contributed by atoms with van der Waals surface area (Å²) < 4.78 is 0. The molecule has 0 bridgehead atoms. The Morgan fingerprint density at radius 3 is 2.92 bits per heavy atom. The second-order valence-electron chi connectivity index (χ2n) is 3.44. The van der Waals surface area contributed by atoms with Crippen LogP contribution in [0, 0.1) is 6.92 Å². The molecule has 12 heavy (non-hydrogen) atoms. The molecule has 0 heterocycles. The predicted octanol–water partition coefficient (Wildman–Crippen LogP) is 1.43. The summed E-state index contributed by atoms with van der Waals surface area (Å²) in [5.41, 5.74) is 9.23. The van der Waals surface area contributed by atoms with Crippen molar-refractivity contribution in [3.8, 4) is 0 Å². The summed E-state index contributed by atoms with van der Waals surface area (Å²) in [6.45, 7) is 2.04. The fraction of sp³-hybridized carbons (Fsp3) is 0.400. The number of aliphatic hydroxyl groups excluding tert-OH is 1. The van der Waals surface area contributed by atoms with E-state index in [9.17, 15) is 5.11 Å². The minimum atomic E-state index is -0.352. The van der Waals surface area contributed by atoms with E-state index >= 15 is 0 Å². The van der Waals surface area contributed by atoms with Crippen LogP contribution in [0.15, 0.2) is 18.2 Å². The predicted molar refractivity (Wildman–Crippen MR) is 47.7 cm³/mol. The van der Waals surface area contributed by atoms with Crippen LogP contribution in [-0.4, -0.2) is 5.11 Å². The van der Waals surface area contributed by atoms with Crippen LogP contribution in [0.5, 0.6) is 0 Å². The van der Waals surface area contributed by atoms with Gasteiger partial charge in [-0.15, -0.1) is 0 Å². The summed E-state index contributed by atoms with van der Waals surface area (Å²) in [5, 5.41) is 9.60. The fourth-order valence-electron chi connectivity index (χ4n) is 1.99. The molecule has 1 aromatic carbocycles. The molecule has 2 rings (SSSR count). The highest BCUT2D eigenvalue weighted by Crippen LogP contribution is 2.38. The number of hydrogen-bond acceptors (Lipinski definition) is 2. The summed E-state index contributed by atoms with van der Waals surface area (Å²) >= 11 is 0. The Morgan fingerprint density at radius 2 is 2.25 bits per heavy atom. The molecule has 1 aromatic rings. The van der Waals surface area contributed by atoms with Crippen molar-refractivity contribution in [2.24, 2.45) is 5.73 Å². The molecule has 0 aromatic heterocycles. The van der Waals surface area contributed by atoms with Crippen molar-refractivity contribution in [2.45, 2.75) is 25.5 Å². The van der Waals surface area contributed by atoms with Crippen molar-refractivity contribution in [1.82, 2.24) is 0 Å². The largest absolute Gasteiger partial charge is 0.388 e. The Labute approximate surface area is 72.0 Å². The van der Waals surface area contributed by atoms with Crippen LogP contribution >= 0.6 is 0 Å². The topological polar surface area (TPSA) is 46.2 Å². The highest BCUT2D eigenvalue weighted by Gasteiger charge is 2.27. The minimum absolute atomic E-state index is 0.0243. The number of aliphatic hydroxyl groups is 1. The second kappa shape index (κ2) is 2.57. The third kappa shape index (κ3) is 0.958. The van der Waals surface area contributed by atoms with Crippen LogP contribution in [-0.2, 0) is 0 Å². The smallest absolute Gasteiger partial charge is 0.0811 e. The van der Waals surface area contributed by atoms with Crippen LogP contribution in [0.4, 0.5) is 0 Å². The molecule has 0 fully saturated rings. The number of aryl methyl sites for hydroxylation is 1. The Morgan fingerprint density at radius 1 is 1.50 bits per heavy atom. The number of rotatable bonds is 0. The Bertz CT molecular complexity index is 309. The fourth-order valence-corrected chi connectivity index (χ4v) is 1.99. The third-order valence-corrected chi connectivity index (χ3v) is 2.56. The summed E-state index contributed by atoms with van der Waals surface area (Å²) in [4.78, 5) is 0. The van der Waals surface area contributed by atoms with E-state index in [1.165, 1.54) is 5.56 Å². The average molecular weight is 163 g/mol. The monoisotopic (exact) mass is 163 g/mol. The van der Waals surface area contributed by atoms with Gasteiger partial charge in [-0.3, -0.25) is 0 Å². The standard InChI is InChI=1S/C10H13NO/c1-6-3-2-4-7-9(12)5-8(11)10(6)7/h2-4,8-9,12H,5,11H2,1H3. The van der Waals surface area contributed by atoms with Gasteiger partial charge in [0.2, 0.25) is 0 Å². The van der Waals surface area contributed by atoms with E-state index < -0.39 is 0 Å². The lowest BCUT2D eigenvalue weighted by Gasteiger charge is -2.07. The molecule has 0 radical (unpaired) electrons. The van der Waals surface area contributed by atoms with E-state index in [4.69, 9.17) is 5.73 Å². The molecule has 0 aliphatic heterocycles. The van der Waals surface area contributed by atoms with E-state index in [2.05, 4.69) is 0 Å². The van der Waals surface area contributed by atoms with E-state index in [-0.39, 0.29) is 12.1 Å². The van der Waals surface area contributed by atoms with E-state index in [0.717, 1.165) is 11.1 Å². The normalized spacial score (nSPS) is 27.2. The van der Waals surface area contributed by atoms with Gasteiger partial charge in [-0.1, -0.05) is 18.2 Å². The van der Waals surface area contributed by atoms with Crippen molar-refractivity contribution >= 4 is 0 Å². The maximum absolute atomic E-state index is 9.60. The molecule has 1 aliphatic carbocycles. The third-order valence-electron chi connectivity index (χ3n) is 2.56. The van der Waals surface area contributed by atoms with Crippen LogP contribution in [0.3, 0.4) is 0 Å². The Kier molecular flexibility index (Phi) is 1.67. The van der Waals surface area contributed by atoms with Gasteiger partial charge < -0.3 is 10.8 Å². The van der Waals surface area contributed by atoms with Gasteiger partial charge in [0.1, 0.15) is 0 Å². The van der Waals surface area contributed by atoms with E-state index in [0.29, 0.717) is 6.42 Å². The first-order valence-electron chi connectivity index (χ1n) is 4.23. The van der Waals surface area contributed by atoms with Gasteiger partial charge in [-0.25, -0.2) is 0 Å². The summed E-state index contributed by atoms with van der Waals surface area (Å²) in [7, 11) is 0. The van der Waals surface area contributed by atoms with Crippen LogP contribution in [0.1, 0.15) is 35.3 Å². The second-order valence-corrected chi connectivity index (χ2v) is 3.44. The summed E-state index contributed by atoms with van der Waals surface area (Å²) in [6, 6.07) is 5.99. The lowest BCUT2D eigenvalue weighted by atomic mass is 10.0. The van der Waals surface area contributed by atoms with Crippen molar-refractivity contribution in [3.05, 3.63) is 34.9 Å². The Hall–Kier alpha value is -0.860. The molecule has 2 atom stereocenters. The lowest BCUT2D eigenvalue weighted by Crippen LogP contribution is -2.06. The van der Waals surface area contributed by atoms with Crippen molar-refractivity contribution in [3.63, 3.8) is 0 Å². The molecule has 2 nitrogen and oxygen atoms in total. The maximum atomic E-state index is 9.60. The van der Waals surface area contributed by atoms with Crippen LogP contribution < -0.4 is 5.73 Å². The quantitative estimate of drug-likeness (QED) is 0.607.